The second kappa shape index (κ2) is 4.59. The second-order valence-corrected chi connectivity index (χ2v) is 5.13. The number of H-pyrrole nitrogens is 1. The summed E-state index contributed by atoms with van der Waals surface area (Å²) in [6, 6.07) is 8.04. The van der Waals surface area contributed by atoms with Gasteiger partial charge >= 0.3 is 0 Å². The first kappa shape index (κ1) is 11.4. The van der Waals surface area contributed by atoms with Crippen molar-refractivity contribution >= 4 is 0 Å². The Labute approximate surface area is 116 Å². The van der Waals surface area contributed by atoms with Crippen LogP contribution in [0.3, 0.4) is 0 Å². The quantitative estimate of drug-likeness (QED) is 0.789. The minimum atomic E-state index is 0.497. The van der Waals surface area contributed by atoms with Crippen LogP contribution in [0.1, 0.15) is 31.0 Å². The summed E-state index contributed by atoms with van der Waals surface area (Å²) in [7, 11) is 0. The Bertz CT molecular complexity index is 696. The number of hydrogen-bond acceptors (Lipinski definition) is 4. The molecule has 20 heavy (non-hydrogen) atoms. The summed E-state index contributed by atoms with van der Waals surface area (Å²) in [6.45, 7) is 0. The van der Waals surface area contributed by atoms with E-state index in [0.29, 0.717) is 11.8 Å². The maximum atomic E-state index is 5.36. The van der Waals surface area contributed by atoms with Crippen LogP contribution in [0.5, 0.6) is 0 Å². The first-order chi connectivity index (χ1) is 9.90. The van der Waals surface area contributed by atoms with Crippen LogP contribution in [0.15, 0.2) is 41.3 Å². The molecule has 0 bridgehead atoms. The van der Waals surface area contributed by atoms with Crippen molar-refractivity contribution < 1.29 is 4.52 Å². The molecular weight excluding hydrogens is 252 g/mol. The summed E-state index contributed by atoms with van der Waals surface area (Å²) in [6.07, 6.45) is 7.10. The molecule has 0 radical (unpaired) electrons. The second-order valence-electron chi connectivity index (χ2n) is 5.13. The molecular formula is C15H14N4O. The predicted octanol–water partition coefficient (Wildman–Crippen LogP) is 3.39. The van der Waals surface area contributed by atoms with Crippen LogP contribution in [-0.4, -0.2) is 20.1 Å². The van der Waals surface area contributed by atoms with Gasteiger partial charge in [-0.05, 0) is 30.5 Å². The number of aromatic nitrogens is 4. The van der Waals surface area contributed by atoms with E-state index in [1.165, 1.54) is 19.3 Å². The molecule has 0 aliphatic heterocycles. The van der Waals surface area contributed by atoms with Gasteiger partial charge in [-0.2, -0.15) is 4.98 Å². The lowest BCUT2D eigenvalue weighted by atomic mass is 9.85. The van der Waals surface area contributed by atoms with E-state index in [2.05, 4.69) is 20.1 Å². The van der Waals surface area contributed by atoms with Crippen LogP contribution in [0, 0.1) is 0 Å². The molecule has 5 heteroatoms. The normalized spacial score (nSPS) is 15.2. The van der Waals surface area contributed by atoms with Crippen molar-refractivity contribution in [1.29, 1.82) is 0 Å². The summed E-state index contributed by atoms with van der Waals surface area (Å²) in [4.78, 5) is 11.6. The predicted molar refractivity (Wildman–Crippen MR) is 73.9 cm³/mol. The van der Waals surface area contributed by atoms with E-state index in [4.69, 9.17) is 4.52 Å². The number of benzene rings is 1. The zero-order chi connectivity index (χ0) is 13.4. The van der Waals surface area contributed by atoms with Crippen LogP contribution in [0.25, 0.3) is 22.7 Å². The van der Waals surface area contributed by atoms with E-state index >= 15 is 0 Å². The fourth-order valence-corrected chi connectivity index (χ4v) is 2.39. The highest BCUT2D eigenvalue weighted by molar-refractivity contribution is 5.63. The highest BCUT2D eigenvalue weighted by Gasteiger charge is 2.24. The van der Waals surface area contributed by atoms with Crippen LogP contribution in [0.2, 0.25) is 0 Å². The number of rotatable bonds is 3. The monoisotopic (exact) mass is 266 g/mol. The van der Waals surface area contributed by atoms with Crippen molar-refractivity contribution in [2.24, 2.45) is 0 Å². The molecule has 100 valence electrons. The fraction of sp³-hybridized carbons (Fsp3) is 0.267. The van der Waals surface area contributed by atoms with Gasteiger partial charge in [0.1, 0.15) is 0 Å². The zero-order valence-corrected chi connectivity index (χ0v) is 10.9. The largest absolute Gasteiger partial charge is 0.345 e. The van der Waals surface area contributed by atoms with E-state index in [-0.39, 0.29) is 0 Å². The van der Waals surface area contributed by atoms with Crippen LogP contribution < -0.4 is 0 Å². The highest BCUT2D eigenvalue weighted by Crippen LogP contribution is 2.35. The molecule has 0 saturated heterocycles. The minimum absolute atomic E-state index is 0.497. The lowest BCUT2D eigenvalue weighted by molar-refractivity contribution is 0.366. The maximum Gasteiger partial charge on any atom is 0.257 e. The number of hydrogen-bond donors (Lipinski definition) is 1. The molecule has 4 rings (SSSR count). The average molecular weight is 266 g/mol. The topological polar surface area (TPSA) is 67.6 Å². The van der Waals surface area contributed by atoms with Crippen molar-refractivity contribution in [3.8, 4) is 22.7 Å². The van der Waals surface area contributed by atoms with Crippen LogP contribution >= 0.6 is 0 Å². The molecule has 2 aromatic heterocycles. The van der Waals surface area contributed by atoms with Gasteiger partial charge in [0.15, 0.2) is 5.82 Å². The minimum Gasteiger partial charge on any atom is -0.345 e. The molecule has 2 heterocycles. The molecule has 0 atom stereocenters. The van der Waals surface area contributed by atoms with E-state index in [1.54, 1.807) is 12.5 Å². The third kappa shape index (κ3) is 1.91. The molecule has 0 unspecified atom stereocenters. The van der Waals surface area contributed by atoms with Crippen LogP contribution in [0.4, 0.5) is 0 Å². The first-order valence-electron chi connectivity index (χ1n) is 6.83. The van der Waals surface area contributed by atoms with Gasteiger partial charge in [0, 0.05) is 11.5 Å². The van der Waals surface area contributed by atoms with Crippen molar-refractivity contribution in [1.82, 2.24) is 20.1 Å². The molecule has 1 saturated carbocycles. The van der Waals surface area contributed by atoms with Gasteiger partial charge in [-0.25, -0.2) is 4.98 Å². The molecule has 1 fully saturated rings. The van der Waals surface area contributed by atoms with E-state index in [1.807, 2.05) is 24.3 Å². The Balaban J connectivity index is 1.60. The lowest BCUT2D eigenvalue weighted by Gasteiger charge is -2.20. The van der Waals surface area contributed by atoms with Gasteiger partial charge in [-0.15, -0.1) is 0 Å². The van der Waals surface area contributed by atoms with Crippen molar-refractivity contribution in [2.45, 2.75) is 25.2 Å². The van der Waals surface area contributed by atoms with Gasteiger partial charge in [0.2, 0.25) is 0 Å². The number of nitrogens with one attached hydrogen (secondary N) is 1. The summed E-state index contributed by atoms with van der Waals surface area (Å²) >= 11 is 0. The van der Waals surface area contributed by atoms with Crippen LogP contribution in [-0.2, 0) is 0 Å². The maximum absolute atomic E-state index is 5.36. The Kier molecular flexibility index (Phi) is 2.62. The summed E-state index contributed by atoms with van der Waals surface area (Å²) in [5.74, 6) is 1.95. The molecule has 1 aliphatic carbocycles. The van der Waals surface area contributed by atoms with Gasteiger partial charge in [0.05, 0.1) is 18.2 Å². The number of aromatic amines is 1. The molecule has 0 amide bonds. The van der Waals surface area contributed by atoms with Gasteiger partial charge < -0.3 is 9.51 Å². The molecule has 1 aromatic carbocycles. The summed E-state index contributed by atoms with van der Waals surface area (Å²) in [5.41, 5.74) is 3.04. The SMILES string of the molecule is c1ncc(-c2ccc(-c3nc(C4CCC4)no3)cc2)[nH]1. The Morgan fingerprint density at radius 1 is 1.10 bits per heavy atom. The lowest BCUT2D eigenvalue weighted by Crippen LogP contribution is -2.10. The molecule has 1 N–H and O–H groups in total. The van der Waals surface area contributed by atoms with Crippen molar-refractivity contribution in [2.75, 3.05) is 0 Å². The van der Waals surface area contributed by atoms with E-state index < -0.39 is 0 Å². The fourth-order valence-electron chi connectivity index (χ4n) is 2.39. The standard InChI is InChI=1S/C15H14N4O/c1-2-11(3-1)14-18-15(20-19-14)12-6-4-10(5-7-12)13-8-16-9-17-13/h4-9,11H,1-3H2,(H,16,17). The van der Waals surface area contributed by atoms with Gasteiger partial charge in [0.25, 0.3) is 5.89 Å². The molecule has 0 spiro atoms. The number of imidazole rings is 1. The molecule has 5 nitrogen and oxygen atoms in total. The third-order valence-electron chi connectivity index (χ3n) is 3.85. The van der Waals surface area contributed by atoms with Crippen molar-refractivity contribution in [3.05, 3.63) is 42.6 Å². The Morgan fingerprint density at radius 2 is 1.90 bits per heavy atom. The highest BCUT2D eigenvalue weighted by atomic mass is 16.5. The third-order valence-corrected chi connectivity index (χ3v) is 3.85. The number of nitrogens with zero attached hydrogens (tertiary/aromatic N) is 3. The summed E-state index contributed by atoms with van der Waals surface area (Å²) in [5, 5.41) is 4.08. The molecule has 1 aliphatic rings. The molecule has 3 aromatic rings. The zero-order valence-electron chi connectivity index (χ0n) is 10.9. The smallest absolute Gasteiger partial charge is 0.257 e. The van der Waals surface area contributed by atoms with E-state index in [0.717, 1.165) is 22.6 Å². The van der Waals surface area contributed by atoms with Gasteiger partial charge in [-0.3, -0.25) is 0 Å². The Morgan fingerprint density at radius 3 is 2.55 bits per heavy atom. The Hall–Kier alpha value is -2.43. The first-order valence-corrected chi connectivity index (χ1v) is 6.83. The summed E-state index contributed by atoms with van der Waals surface area (Å²) < 4.78 is 5.36. The van der Waals surface area contributed by atoms with Gasteiger partial charge in [-0.1, -0.05) is 23.7 Å². The van der Waals surface area contributed by atoms with Crippen molar-refractivity contribution in [3.63, 3.8) is 0 Å². The van der Waals surface area contributed by atoms with E-state index in [9.17, 15) is 0 Å². The average Bonchev–Trinajstić information content (AvgIpc) is 3.08.